The maximum atomic E-state index is 12.6. The Bertz CT molecular complexity index is 321. The molecule has 0 aromatic heterocycles. The van der Waals surface area contributed by atoms with Crippen LogP contribution in [0.3, 0.4) is 0 Å². The summed E-state index contributed by atoms with van der Waals surface area (Å²) in [7, 11) is 0. The zero-order valence-electron chi connectivity index (χ0n) is 13.7. The normalized spacial score (nSPS) is 24.1. The lowest BCUT2D eigenvalue weighted by molar-refractivity contribution is -0.139. The van der Waals surface area contributed by atoms with Crippen molar-refractivity contribution in [1.82, 2.24) is 14.7 Å². The summed E-state index contributed by atoms with van der Waals surface area (Å²) in [4.78, 5) is 19.6. The van der Waals surface area contributed by atoms with Gasteiger partial charge < -0.3 is 9.80 Å². The molecular formula is C16H31N3O. The summed E-state index contributed by atoms with van der Waals surface area (Å²) in [6, 6.07) is 0. The van der Waals surface area contributed by atoms with Crippen molar-refractivity contribution in [3.63, 3.8) is 0 Å². The number of piperazine rings is 1. The third-order valence-corrected chi connectivity index (χ3v) is 4.92. The molecule has 0 bridgehead atoms. The maximum Gasteiger partial charge on any atom is 0.225 e. The van der Waals surface area contributed by atoms with Crippen molar-refractivity contribution < 1.29 is 4.79 Å². The predicted octanol–water partition coefficient (Wildman–Crippen LogP) is 1.66. The minimum absolute atomic E-state index is 0.237. The Balaban J connectivity index is 1.80. The van der Waals surface area contributed by atoms with Crippen molar-refractivity contribution in [2.75, 3.05) is 45.8 Å². The molecule has 20 heavy (non-hydrogen) atoms. The molecule has 2 heterocycles. The fourth-order valence-electron chi connectivity index (χ4n) is 3.34. The third kappa shape index (κ3) is 3.73. The van der Waals surface area contributed by atoms with Crippen molar-refractivity contribution in [3.8, 4) is 0 Å². The van der Waals surface area contributed by atoms with Gasteiger partial charge in [-0.3, -0.25) is 9.69 Å². The Morgan fingerprint density at radius 1 is 1.00 bits per heavy atom. The fourth-order valence-corrected chi connectivity index (χ4v) is 3.34. The summed E-state index contributed by atoms with van der Waals surface area (Å²) >= 11 is 0. The maximum absolute atomic E-state index is 12.6. The van der Waals surface area contributed by atoms with Gasteiger partial charge in [0.15, 0.2) is 0 Å². The first kappa shape index (κ1) is 15.8. The lowest BCUT2D eigenvalue weighted by Crippen LogP contribution is -2.53. The van der Waals surface area contributed by atoms with E-state index >= 15 is 0 Å². The lowest BCUT2D eigenvalue weighted by Gasteiger charge is -2.42. The van der Waals surface area contributed by atoms with Crippen LogP contribution >= 0.6 is 0 Å². The van der Waals surface area contributed by atoms with Crippen LogP contribution in [0.25, 0.3) is 0 Å². The van der Waals surface area contributed by atoms with Gasteiger partial charge in [-0.1, -0.05) is 6.92 Å². The smallest absolute Gasteiger partial charge is 0.225 e. The van der Waals surface area contributed by atoms with Crippen LogP contribution in [0.5, 0.6) is 0 Å². The molecule has 0 aliphatic carbocycles. The molecule has 0 spiro atoms. The number of hydrogen-bond acceptors (Lipinski definition) is 3. The number of hydrogen-bond donors (Lipinski definition) is 0. The minimum atomic E-state index is 0.237. The number of likely N-dealkylation sites (N-methyl/N-ethyl adjacent to an activating group) is 1. The first-order valence-electron chi connectivity index (χ1n) is 8.18. The molecule has 0 saturated carbocycles. The Morgan fingerprint density at radius 3 is 2.00 bits per heavy atom. The molecule has 0 radical (unpaired) electrons. The van der Waals surface area contributed by atoms with Gasteiger partial charge in [0.05, 0.1) is 0 Å². The molecule has 0 aromatic rings. The first-order valence-corrected chi connectivity index (χ1v) is 8.18. The van der Waals surface area contributed by atoms with E-state index in [1.165, 1.54) is 0 Å². The van der Waals surface area contributed by atoms with Gasteiger partial charge in [-0.2, -0.15) is 0 Å². The van der Waals surface area contributed by atoms with Crippen LogP contribution < -0.4 is 0 Å². The van der Waals surface area contributed by atoms with Crippen molar-refractivity contribution >= 4 is 5.91 Å². The first-order chi connectivity index (χ1) is 9.41. The second-order valence-corrected chi connectivity index (χ2v) is 7.19. The van der Waals surface area contributed by atoms with E-state index in [0.29, 0.717) is 5.91 Å². The van der Waals surface area contributed by atoms with Gasteiger partial charge in [0, 0.05) is 37.6 Å². The second kappa shape index (κ2) is 6.44. The average molecular weight is 281 g/mol. The Morgan fingerprint density at radius 2 is 1.55 bits per heavy atom. The number of piperidine rings is 1. The lowest BCUT2D eigenvalue weighted by atomic mass is 9.92. The zero-order chi connectivity index (χ0) is 14.8. The molecule has 116 valence electrons. The average Bonchev–Trinajstić information content (AvgIpc) is 2.46. The summed E-state index contributed by atoms with van der Waals surface area (Å²) in [5.74, 6) is 0.677. The van der Waals surface area contributed by atoms with Crippen LogP contribution in [0.4, 0.5) is 0 Å². The van der Waals surface area contributed by atoms with Crippen LogP contribution in [0.1, 0.15) is 40.5 Å². The van der Waals surface area contributed by atoms with E-state index in [-0.39, 0.29) is 11.5 Å². The number of carbonyl (C=O) groups is 1. The predicted molar refractivity (Wildman–Crippen MR) is 82.7 cm³/mol. The zero-order valence-corrected chi connectivity index (χ0v) is 13.7. The van der Waals surface area contributed by atoms with Gasteiger partial charge in [0.25, 0.3) is 0 Å². The van der Waals surface area contributed by atoms with E-state index in [1.54, 1.807) is 0 Å². The number of likely N-dealkylation sites (tertiary alicyclic amines) is 1. The van der Waals surface area contributed by atoms with E-state index < -0.39 is 0 Å². The molecule has 4 nitrogen and oxygen atoms in total. The van der Waals surface area contributed by atoms with Crippen molar-refractivity contribution in [3.05, 3.63) is 0 Å². The standard InChI is InChI=1S/C16H31N3O/c1-5-17-10-12-18(13-11-17)15(20)14-6-8-19(9-7-14)16(2,3)4/h14H,5-13H2,1-4H3. The number of amides is 1. The highest BCUT2D eigenvalue weighted by molar-refractivity contribution is 5.79. The highest BCUT2D eigenvalue weighted by atomic mass is 16.2. The largest absolute Gasteiger partial charge is 0.340 e. The summed E-state index contributed by atoms with van der Waals surface area (Å²) in [6.45, 7) is 16.1. The SMILES string of the molecule is CCN1CCN(C(=O)C2CCN(C(C)(C)C)CC2)CC1. The van der Waals surface area contributed by atoms with Crippen LogP contribution in [0.15, 0.2) is 0 Å². The van der Waals surface area contributed by atoms with Gasteiger partial charge in [0.2, 0.25) is 5.91 Å². The Labute approximate surface area is 124 Å². The molecule has 0 aromatic carbocycles. The minimum Gasteiger partial charge on any atom is -0.340 e. The molecular weight excluding hydrogens is 250 g/mol. The molecule has 2 aliphatic rings. The van der Waals surface area contributed by atoms with Crippen molar-refractivity contribution in [2.24, 2.45) is 5.92 Å². The molecule has 2 saturated heterocycles. The van der Waals surface area contributed by atoms with Crippen molar-refractivity contribution in [1.29, 1.82) is 0 Å². The summed E-state index contributed by atoms with van der Waals surface area (Å²) in [6.07, 6.45) is 2.06. The fraction of sp³-hybridized carbons (Fsp3) is 0.938. The summed E-state index contributed by atoms with van der Waals surface area (Å²) in [5.41, 5.74) is 0.237. The van der Waals surface area contributed by atoms with Gasteiger partial charge >= 0.3 is 0 Å². The van der Waals surface area contributed by atoms with Crippen LogP contribution in [0.2, 0.25) is 0 Å². The molecule has 2 fully saturated rings. The molecule has 0 N–H and O–H groups in total. The third-order valence-electron chi connectivity index (χ3n) is 4.92. The summed E-state index contributed by atoms with van der Waals surface area (Å²) < 4.78 is 0. The topological polar surface area (TPSA) is 26.8 Å². The van der Waals surface area contributed by atoms with Crippen LogP contribution in [0, 0.1) is 5.92 Å². The highest BCUT2D eigenvalue weighted by Crippen LogP contribution is 2.25. The van der Waals surface area contributed by atoms with E-state index in [9.17, 15) is 4.79 Å². The van der Waals surface area contributed by atoms with Gasteiger partial charge in [-0.05, 0) is 53.2 Å². The summed E-state index contributed by atoms with van der Waals surface area (Å²) in [5, 5.41) is 0. The molecule has 2 rings (SSSR count). The van der Waals surface area contributed by atoms with Gasteiger partial charge in [-0.25, -0.2) is 0 Å². The van der Waals surface area contributed by atoms with Crippen LogP contribution in [-0.2, 0) is 4.79 Å². The van der Waals surface area contributed by atoms with E-state index in [1.807, 2.05) is 0 Å². The Kier molecular flexibility index (Phi) is 5.08. The van der Waals surface area contributed by atoms with E-state index in [2.05, 4.69) is 42.4 Å². The molecule has 0 unspecified atom stereocenters. The monoisotopic (exact) mass is 281 g/mol. The van der Waals surface area contributed by atoms with Gasteiger partial charge in [0.1, 0.15) is 0 Å². The Hall–Kier alpha value is -0.610. The van der Waals surface area contributed by atoms with E-state index in [0.717, 1.165) is 58.7 Å². The molecule has 4 heteroatoms. The number of rotatable bonds is 2. The number of carbonyl (C=O) groups excluding carboxylic acids is 1. The second-order valence-electron chi connectivity index (χ2n) is 7.19. The number of nitrogens with zero attached hydrogens (tertiary/aromatic N) is 3. The van der Waals surface area contributed by atoms with E-state index in [4.69, 9.17) is 0 Å². The molecule has 0 atom stereocenters. The van der Waals surface area contributed by atoms with Gasteiger partial charge in [-0.15, -0.1) is 0 Å². The molecule has 2 aliphatic heterocycles. The molecule has 1 amide bonds. The quantitative estimate of drug-likeness (QED) is 0.770. The van der Waals surface area contributed by atoms with Crippen LogP contribution in [-0.4, -0.2) is 72.0 Å². The van der Waals surface area contributed by atoms with Crippen molar-refractivity contribution in [2.45, 2.75) is 46.1 Å². The highest BCUT2D eigenvalue weighted by Gasteiger charge is 2.33.